The minimum Gasteiger partial charge on any atom is -0.450 e. The maximum absolute atomic E-state index is 11.7. The summed E-state index contributed by atoms with van der Waals surface area (Å²) in [5.74, 6) is 4.95. The summed E-state index contributed by atoms with van der Waals surface area (Å²) in [6, 6.07) is 7.47. The van der Waals surface area contributed by atoms with Gasteiger partial charge >= 0.3 is 5.91 Å². The summed E-state index contributed by atoms with van der Waals surface area (Å²) in [6.07, 6.45) is 1.04. The highest BCUT2D eigenvalue weighted by Crippen LogP contribution is 2.27. The van der Waals surface area contributed by atoms with Crippen molar-refractivity contribution in [1.29, 1.82) is 0 Å². The van der Waals surface area contributed by atoms with Gasteiger partial charge in [0.2, 0.25) is 0 Å². The number of ether oxygens (including phenoxy) is 1. The summed E-state index contributed by atoms with van der Waals surface area (Å²) < 4.78 is 11.2. The third-order valence-corrected chi connectivity index (χ3v) is 3.12. The lowest BCUT2D eigenvalue weighted by Gasteiger charge is -2.10. The SMILES string of the molecule is CCC(C)OCc1c(C(=O)NN)oc2ccccc12. The summed E-state index contributed by atoms with van der Waals surface area (Å²) in [5.41, 5.74) is 3.49. The molecule has 1 heterocycles. The Hall–Kier alpha value is -1.85. The maximum atomic E-state index is 11.7. The molecule has 0 bridgehead atoms. The number of furan rings is 1. The van der Waals surface area contributed by atoms with Crippen LogP contribution < -0.4 is 11.3 Å². The van der Waals surface area contributed by atoms with E-state index in [9.17, 15) is 4.79 Å². The monoisotopic (exact) mass is 262 g/mol. The Balaban J connectivity index is 2.39. The third-order valence-electron chi connectivity index (χ3n) is 3.12. The number of carbonyl (C=O) groups excluding carboxylic acids is 1. The number of nitrogens with two attached hydrogens (primary N) is 1. The fourth-order valence-corrected chi connectivity index (χ4v) is 1.83. The highest BCUT2D eigenvalue weighted by molar-refractivity contribution is 5.98. The van der Waals surface area contributed by atoms with Gasteiger partial charge in [0, 0.05) is 10.9 Å². The van der Waals surface area contributed by atoms with Crippen molar-refractivity contribution in [3.05, 3.63) is 35.6 Å². The van der Waals surface area contributed by atoms with Crippen LogP contribution in [0.2, 0.25) is 0 Å². The molecule has 102 valence electrons. The highest BCUT2D eigenvalue weighted by atomic mass is 16.5. The zero-order chi connectivity index (χ0) is 13.8. The number of para-hydroxylation sites is 1. The number of nitrogens with one attached hydrogen (secondary N) is 1. The van der Waals surface area contributed by atoms with Crippen molar-refractivity contribution in [3.63, 3.8) is 0 Å². The average Bonchev–Trinajstić information content (AvgIpc) is 2.82. The Bertz CT molecular complexity index is 577. The largest absolute Gasteiger partial charge is 0.450 e. The van der Waals surface area contributed by atoms with E-state index in [2.05, 4.69) is 5.43 Å². The average molecular weight is 262 g/mol. The molecule has 0 aliphatic heterocycles. The van der Waals surface area contributed by atoms with Crippen LogP contribution in [0.25, 0.3) is 11.0 Å². The van der Waals surface area contributed by atoms with Gasteiger partial charge in [-0.15, -0.1) is 0 Å². The van der Waals surface area contributed by atoms with Crippen molar-refractivity contribution in [1.82, 2.24) is 5.43 Å². The van der Waals surface area contributed by atoms with E-state index in [0.29, 0.717) is 12.2 Å². The van der Waals surface area contributed by atoms with E-state index in [1.807, 2.05) is 38.1 Å². The fraction of sp³-hybridized carbons (Fsp3) is 0.357. The predicted octanol–water partition coefficient (Wildman–Crippen LogP) is 2.35. The van der Waals surface area contributed by atoms with Crippen LogP contribution in [0.1, 0.15) is 36.4 Å². The first kappa shape index (κ1) is 13.6. The van der Waals surface area contributed by atoms with Gasteiger partial charge in [-0.2, -0.15) is 0 Å². The van der Waals surface area contributed by atoms with Crippen molar-refractivity contribution < 1.29 is 13.9 Å². The fourth-order valence-electron chi connectivity index (χ4n) is 1.83. The number of hydrogen-bond donors (Lipinski definition) is 2. The van der Waals surface area contributed by atoms with Crippen LogP contribution in [-0.2, 0) is 11.3 Å². The third kappa shape index (κ3) is 2.77. The minimum atomic E-state index is -0.445. The standard InChI is InChI=1S/C14H18N2O3/c1-3-9(2)18-8-11-10-6-4-5-7-12(10)19-13(11)14(17)16-15/h4-7,9H,3,8,15H2,1-2H3,(H,16,17). The van der Waals surface area contributed by atoms with E-state index in [1.165, 1.54) is 0 Å². The smallest absolute Gasteiger partial charge is 0.301 e. The number of hydrogen-bond acceptors (Lipinski definition) is 4. The number of carbonyl (C=O) groups is 1. The molecule has 19 heavy (non-hydrogen) atoms. The lowest BCUT2D eigenvalue weighted by Crippen LogP contribution is -2.30. The Morgan fingerprint density at radius 1 is 1.47 bits per heavy atom. The molecule has 0 aliphatic rings. The second kappa shape index (κ2) is 5.86. The molecule has 1 aromatic carbocycles. The molecule has 0 aliphatic carbocycles. The van der Waals surface area contributed by atoms with Crippen LogP contribution >= 0.6 is 0 Å². The molecule has 3 N–H and O–H groups in total. The number of benzene rings is 1. The molecule has 1 aromatic heterocycles. The first-order valence-corrected chi connectivity index (χ1v) is 6.30. The van der Waals surface area contributed by atoms with Gasteiger partial charge in [-0.3, -0.25) is 10.2 Å². The van der Waals surface area contributed by atoms with Gasteiger partial charge in [0.1, 0.15) is 5.58 Å². The first-order chi connectivity index (χ1) is 9.17. The Kier molecular flexibility index (Phi) is 4.19. The van der Waals surface area contributed by atoms with E-state index in [1.54, 1.807) is 0 Å². The minimum absolute atomic E-state index is 0.127. The van der Waals surface area contributed by atoms with Gasteiger partial charge in [0.15, 0.2) is 5.76 Å². The normalized spacial score (nSPS) is 12.6. The highest BCUT2D eigenvalue weighted by Gasteiger charge is 2.20. The van der Waals surface area contributed by atoms with Crippen molar-refractivity contribution in [2.75, 3.05) is 0 Å². The second-order valence-electron chi connectivity index (χ2n) is 4.41. The summed E-state index contributed by atoms with van der Waals surface area (Å²) in [4.78, 5) is 11.7. The summed E-state index contributed by atoms with van der Waals surface area (Å²) in [6.45, 7) is 4.37. The molecule has 0 saturated carbocycles. The number of amides is 1. The van der Waals surface area contributed by atoms with Crippen LogP contribution in [0.4, 0.5) is 0 Å². The van der Waals surface area contributed by atoms with Crippen molar-refractivity contribution >= 4 is 16.9 Å². The number of rotatable bonds is 5. The summed E-state index contributed by atoms with van der Waals surface area (Å²) in [5, 5.41) is 0.879. The summed E-state index contributed by atoms with van der Waals surface area (Å²) >= 11 is 0. The zero-order valence-electron chi connectivity index (χ0n) is 11.1. The van der Waals surface area contributed by atoms with Crippen LogP contribution in [0, 0.1) is 0 Å². The lowest BCUT2D eigenvalue weighted by atomic mass is 10.1. The van der Waals surface area contributed by atoms with Crippen LogP contribution in [-0.4, -0.2) is 12.0 Å². The van der Waals surface area contributed by atoms with E-state index in [-0.39, 0.29) is 11.9 Å². The van der Waals surface area contributed by atoms with Crippen LogP contribution in [0.5, 0.6) is 0 Å². The van der Waals surface area contributed by atoms with Crippen molar-refractivity contribution in [3.8, 4) is 0 Å². The molecule has 0 fully saturated rings. The van der Waals surface area contributed by atoms with Gasteiger partial charge in [-0.25, -0.2) is 5.84 Å². The topological polar surface area (TPSA) is 77.5 Å². The molecule has 0 radical (unpaired) electrons. The maximum Gasteiger partial charge on any atom is 0.301 e. The molecule has 5 nitrogen and oxygen atoms in total. The molecule has 2 aromatic rings. The van der Waals surface area contributed by atoms with Gasteiger partial charge < -0.3 is 9.15 Å². The van der Waals surface area contributed by atoms with Crippen molar-refractivity contribution in [2.45, 2.75) is 33.0 Å². The quantitative estimate of drug-likeness (QED) is 0.492. The van der Waals surface area contributed by atoms with Gasteiger partial charge in [-0.1, -0.05) is 25.1 Å². The molecule has 0 spiro atoms. The van der Waals surface area contributed by atoms with Crippen LogP contribution in [0.3, 0.4) is 0 Å². The van der Waals surface area contributed by atoms with E-state index in [0.717, 1.165) is 17.4 Å². The Morgan fingerprint density at radius 3 is 2.89 bits per heavy atom. The Morgan fingerprint density at radius 2 is 2.21 bits per heavy atom. The van der Waals surface area contributed by atoms with Gasteiger partial charge in [0.25, 0.3) is 0 Å². The zero-order valence-corrected chi connectivity index (χ0v) is 11.1. The lowest BCUT2D eigenvalue weighted by molar-refractivity contribution is 0.0501. The first-order valence-electron chi connectivity index (χ1n) is 6.30. The second-order valence-corrected chi connectivity index (χ2v) is 4.41. The molecule has 2 rings (SSSR count). The molecule has 1 unspecified atom stereocenters. The molecule has 1 amide bonds. The molecule has 1 atom stereocenters. The number of fused-ring (bicyclic) bond motifs is 1. The van der Waals surface area contributed by atoms with Gasteiger partial charge in [-0.05, 0) is 19.4 Å². The molecular formula is C14H18N2O3. The van der Waals surface area contributed by atoms with Crippen LogP contribution in [0.15, 0.2) is 28.7 Å². The van der Waals surface area contributed by atoms with E-state index < -0.39 is 5.91 Å². The van der Waals surface area contributed by atoms with E-state index in [4.69, 9.17) is 15.0 Å². The Labute approximate surface area is 111 Å². The van der Waals surface area contributed by atoms with Gasteiger partial charge in [0.05, 0.1) is 12.7 Å². The van der Waals surface area contributed by atoms with Crippen molar-refractivity contribution in [2.24, 2.45) is 5.84 Å². The number of hydrazine groups is 1. The predicted molar refractivity (Wildman–Crippen MR) is 72.4 cm³/mol. The molecule has 5 heteroatoms. The van der Waals surface area contributed by atoms with E-state index >= 15 is 0 Å². The summed E-state index contributed by atoms with van der Waals surface area (Å²) in [7, 11) is 0. The molecule has 0 saturated heterocycles. The number of nitrogen functional groups attached to an aromatic ring is 1. The molecular weight excluding hydrogens is 244 g/mol.